The number of carboxylic acids is 1. The Labute approximate surface area is 127 Å². The average molecular weight is 303 g/mol. The smallest absolute Gasteiger partial charge is 0.307 e. The van der Waals surface area contributed by atoms with Crippen molar-refractivity contribution in [3.8, 4) is 5.06 Å². The van der Waals surface area contributed by atoms with Gasteiger partial charge in [0.25, 0.3) is 0 Å². The molecule has 3 rings (SSSR count). The highest BCUT2D eigenvalue weighted by Crippen LogP contribution is 2.47. The van der Waals surface area contributed by atoms with Crippen LogP contribution in [-0.4, -0.2) is 18.2 Å². The predicted molar refractivity (Wildman–Crippen MR) is 83.1 cm³/mol. The minimum Gasteiger partial charge on any atom is -0.487 e. The van der Waals surface area contributed by atoms with Gasteiger partial charge in [-0.3, -0.25) is 4.79 Å². The van der Waals surface area contributed by atoms with Crippen molar-refractivity contribution >= 4 is 23.0 Å². The third-order valence-corrected chi connectivity index (χ3v) is 4.74. The summed E-state index contributed by atoms with van der Waals surface area (Å²) in [6, 6.07) is 10.1. The van der Waals surface area contributed by atoms with Gasteiger partial charge < -0.3 is 15.2 Å². The number of hydrogen-bond acceptors (Lipinski definition) is 4. The first-order valence-electron chi connectivity index (χ1n) is 6.86. The SMILES string of the molecule is COc1sccc1CNc1ccc([C@@H]2C[C@H]2C(=O)O)cc1. The number of anilines is 1. The zero-order valence-corrected chi connectivity index (χ0v) is 12.5. The van der Waals surface area contributed by atoms with Crippen LogP contribution in [0.1, 0.15) is 23.5 Å². The number of benzene rings is 1. The van der Waals surface area contributed by atoms with Gasteiger partial charge in [-0.05, 0) is 41.5 Å². The molecule has 0 radical (unpaired) electrons. The van der Waals surface area contributed by atoms with Gasteiger partial charge in [0.15, 0.2) is 5.06 Å². The van der Waals surface area contributed by atoms with Crippen LogP contribution in [0.25, 0.3) is 0 Å². The van der Waals surface area contributed by atoms with Gasteiger partial charge in [-0.15, -0.1) is 11.3 Å². The molecule has 4 nitrogen and oxygen atoms in total. The summed E-state index contributed by atoms with van der Waals surface area (Å²) in [7, 11) is 1.68. The van der Waals surface area contributed by atoms with Crippen LogP contribution in [0.5, 0.6) is 5.06 Å². The van der Waals surface area contributed by atoms with Crippen molar-refractivity contribution < 1.29 is 14.6 Å². The van der Waals surface area contributed by atoms with E-state index in [1.165, 1.54) is 0 Å². The molecular weight excluding hydrogens is 286 g/mol. The van der Waals surface area contributed by atoms with E-state index in [0.29, 0.717) is 6.54 Å². The molecule has 1 saturated carbocycles. The normalized spacial score (nSPS) is 20.0. The number of hydrogen-bond donors (Lipinski definition) is 2. The highest BCUT2D eigenvalue weighted by molar-refractivity contribution is 7.12. The first kappa shape index (κ1) is 13.9. The maximum Gasteiger partial charge on any atom is 0.307 e. The lowest BCUT2D eigenvalue weighted by molar-refractivity contribution is -0.138. The minimum absolute atomic E-state index is 0.188. The molecule has 110 valence electrons. The predicted octanol–water partition coefficient (Wildman–Crippen LogP) is 3.56. The summed E-state index contributed by atoms with van der Waals surface area (Å²) >= 11 is 1.58. The highest BCUT2D eigenvalue weighted by Gasteiger charge is 2.43. The van der Waals surface area contributed by atoms with Crippen LogP contribution in [0.2, 0.25) is 0 Å². The van der Waals surface area contributed by atoms with E-state index in [2.05, 4.69) is 5.32 Å². The average Bonchev–Trinajstić information content (AvgIpc) is 3.17. The summed E-state index contributed by atoms with van der Waals surface area (Å²) in [5.74, 6) is -0.695. The van der Waals surface area contributed by atoms with Crippen molar-refractivity contribution in [3.05, 3.63) is 46.8 Å². The quantitative estimate of drug-likeness (QED) is 0.856. The summed E-state index contributed by atoms with van der Waals surface area (Å²) in [5.41, 5.74) is 3.28. The Hall–Kier alpha value is -2.01. The van der Waals surface area contributed by atoms with Crippen LogP contribution in [0.15, 0.2) is 35.7 Å². The molecule has 0 bridgehead atoms. The first-order chi connectivity index (χ1) is 10.2. The second-order valence-corrected chi connectivity index (χ2v) is 6.08. The lowest BCUT2D eigenvalue weighted by Gasteiger charge is -2.08. The third kappa shape index (κ3) is 3.03. The molecular formula is C16H17NO3S. The summed E-state index contributed by atoms with van der Waals surface area (Å²) in [6.45, 7) is 0.715. The molecule has 1 aliphatic rings. The van der Waals surface area contributed by atoms with Crippen LogP contribution in [0.3, 0.4) is 0 Å². The van der Waals surface area contributed by atoms with E-state index in [1.807, 2.05) is 35.7 Å². The molecule has 21 heavy (non-hydrogen) atoms. The fraction of sp³-hybridized carbons (Fsp3) is 0.312. The lowest BCUT2D eigenvalue weighted by Crippen LogP contribution is -2.00. The number of carboxylic acid groups (broad SMARTS) is 1. The molecule has 1 aromatic heterocycles. The Morgan fingerprint density at radius 1 is 1.38 bits per heavy atom. The van der Waals surface area contributed by atoms with Crippen molar-refractivity contribution in [1.82, 2.24) is 0 Å². The van der Waals surface area contributed by atoms with Crippen LogP contribution >= 0.6 is 11.3 Å². The lowest BCUT2D eigenvalue weighted by atomic mass is 10.1. The van der Waals surface area contributed by atoms with Crippen LogP contribution < -0.4 is 10.1 Å². The zero-order chi connectivity index (χ0) is 14.8. The van der Waals surface area contributed by atoms with Crippen LogP contribution in [0.4, 0.5) is 5.69 Å². The number of rotatable bonds is 6. The first-order valence-corrected chi connectivity index (χ1v) is 7.74. The van der Waals surface area contributed by atoms with Gasteiger partial charge in [0.2, 0.25) is 0 Å². The fourth-order valence-corrected chi connectivity index (χ4v) is 3.26. The number of thiophene rings is 1. The molecule has 1 heterocycles. The Kier molecular flexibility index (Phi) is 3.84. The van der Waals surface area contributed by atoms with Crippen molar-refractivity contribution in [2.45, 2.75) is 18.9 Å². The van der Waals surface area contributed by atoms with E-state index in [-0.39, 0.29) is 11.8 Å². The zero-order valence-electron chi connectivity index (χ0n) is 11.7. The van der Waals surface area contributed by atoms with Gasteiger partial charge in [0.1, 0.15) is 0 Å². The molecule has 1 aliphatic carbocycles. The van der Waals surface area contributed by atoms with E-state index in [4.69, 9.17) is 9.84 Å². The van der Waals surface area contributed by atoms with Crippen molar-refractivity contribution in [1.29, 1.82) is 0 Å². The maximum absolute atomic E-state index is 10.9. The molecule has 2 aromatic rings. The largest absolute Gasteiger partial charge is 0.487 e. The second-order valence-electron chi connectivity index (χ2n) is 5.20. The van der Waals surface area contributed by atoms with Crippen molar-refractivity contribution in [2.24, 2.45) is 5.92 Å². The Bertz CT molecular complexity index is 635. The number of methoxy groups -OCH3 is 1. The topological polar surface area (TPSA) is 58.6 Å². The number of ether oxygens (including phenoxy) is 1. The summed E-state index contributed by atoms with van der Waals surface area (Å²) < 4.78 is 5.29. The summed E-state index contributed by atoms with van der Waals surface area (Å²) in [6.07, 6.45) is 0.758. The molecule has 0 aliphatic heterocycles. The minimum atomic E-state index is -0.688. The van der Waals surface area contributed by atoms with Crippen molar-refractivity contribution in [3.63, 3.8) is 0 Å². The van der Waals surface area contributed by atoms with Crippen LogP contribution in [-0.2, 0) is 11.3 Å². The molecule has 0 spiro atoms. The number of aliphatic carboxylic acids is 1. The Balaban J connectivity index is 1.59. The van der Waals surface area contributed by atoms with E-state index >= 15 is 0 Å². The monoisotopic (exact) mass is 303 g/mol. The Morgan fingerprint density at radius 2 is 2.14 bits per heavy atom. The van der Waals surface area contributed by atoms with E-state index in [9.17, 15) is 4.79 Å². The van der Waals surface area contributed by atoms with Gasteiger partial charge in [0.05, 0.1) is 13.0 Å². The third-order valence-electron chi connectivity index (χ3n) is 3.82. The molecule has 2 atom stereocenters. The summed E-state index contributed by atoms with van der Waals surface area (Å²) in [5, 5.41) is 15.3. The van der Waals surface area contributed by atoms with Gasteiger partial charge >= 0.3 is 5.97 Å². The molecule has 2 N–H and O–H groups in total. The van der Waals surface area contributed by atoms with Gasteiger partial charge in [0, 0.05) is 17.8 Å². The molecule has 1 aromatic carbocycles. The van der Waals surface area contributed by atoms with Gasteiger partial charge in [-0.2, -0.15) is 0 Å². The van der Waals surface area contributed by atoms with E-state index < -0.39 is 5.97 Å². The maximum atomic E-state index is 10.9. The van der Waals surface area contributed by atoms with Gasteiger partial charge in [-0.1, -0.05) is 12.1 Å². The highest BCUT2D eigenvalue weighted by atomic mass is 32.1. The molecule has 0 unspecified atom stereocenters. The van der Waals surface area contributed by atoms with Crippen LogP contribution in [0, 0.1) is 5.92 Å². The molecule has 0 amide bonds. The molecule has 0 saturated heterocycles. The van der Waals surface area contributed by atoms with Gasteiger partial charge in [-0.25, -0.2) is 0 Å². The van der Waals surface area contributed by atoms with E-state index in [1.54, 1.807) is 18.4 Å². The number of carbonyl (C=O) groups is 1. The van der Waals surface area contributed by atoms with Crippen molar-refractivity contribution in [2.75, 3.05) is 12.4 Å². The fourth-order valence-electron chi connectivity index (χ4n) is 2.51. The second kappa shape index (κ2) is 5.77. The van der Waals surface area contributed by atoms with E-state index in [0.717, 1.165) is 28.3 Å². The standard InChI is InChI=1S/C16H17NO3S/c1-20-16-11(6-7-21-16)9-17-12-4-2-10(3-5-12)13-8-14(13)15(18)19/h2-7,13-14,17H,8-9H2,1H3,(H,18,19)/t13-,14+/m0/s1. The number of nitrogens with one attached hydrogen (secondary N) is 1. The molecule has 1 fully saturated rings. The Morgan fingerprint density at radius 3 is 2.76 bits per heavy atom. The molecule has 5 heteroatoms. The summed E-state index contributed by atoms with van der Waals surface area (Å²) in [4.78, 5) is 10.9.